The molecule has 156 valence electrons. The highest BCUT2D eigenvalue weighted by Crippen LogP contribution is 2.30. The molecular formula is C19H21Cl2N3O4S. The molecule has 2 atom stereocenters. The summed E-state index contributed by atoms with van der Waals surface area (Å²) in [6.07, 6.45) is -0.855. The second-order valence-electron chi connectivity index (χ2n) is 6.64. The van der Waals surface area contributed by atoms with Crippen LogP contribution in [-0.2, 0) is 9.53 Å². The molecule has 1 aromatic carbocycles. The van der Waals surface area contributed by atoms with Gasteiger partial charge in [-0.05, 0) is 37.3 Å². The van der Waals surface area contributed by atoms with E-state index in [-0.39, 0.29) is 37.6 Å². The minimum absolute atomic E-state index is 0.0348. The van der Waals surface area contributed by atoms with Gasteiger partial charge in [0.2, 0.25) is 0 Å². The van der Waals surface area contributed by atoms with Crippen molar-refractivity contribution < 1.29 is 19.4 Å². The molecule has 2 amide bonds. The van der Waals surface area contributed by atoms with Crippen molar-refractivity contribution in [3.63, 3.8) is 0 Å². The molecule has 2 aromatic rings. The van der Waals surface area contributed by atoms with E-state index in [1.165, 1.54) is 11.3 Å². The summed E-state index contributed by atoms with van der Waals surface area (Å²) in [5, 5.41) is 16.3. The lowest BCUT2D eigenvalue weighted by atomic mass is 10.2. The molecule has 1 aliphatic rings. The highest BCUT2D eigenvalue weighted by atomic mass is 35.5. The van der Waals surface area contributed by atoms with Crippen molar-refractivity contribution in [3.05, 3.63) is 44.6 Å². The monoisotopic (exact) mass is 457 g/mol. The van der Waals surface area contributed by atoms with Gasteiger partial charge in [0.15, 0.2) is 0 Å². The fourth-order valence-electron chi connectivity index (χ4n) is 2.81. The minimum atomic E-state index is -0.797. The normalized spacial score (nSPS) is 17.9. The summed E-state index contributed by atoms with van der Waals surface area (Å²) < 4.78 is 5.86. The molecule has 3 N–H and O–H groups in total. The Kier molecular flexibility index (Phi) is 7.37. The molecule has 29 heavy (non-hydrogen) atoms. The number of aliphatic hydroxyl groups is 1. The Morgan fingerprint density at radius 2 is 2.14 bits per heavy atom. The number of halogens is 2. The number of hydrogen-bond donors (Lipinski definition) is 3. The summed E-state index contributed by atoms with van der Waals surface area (Å²) >= 11 is 13.4. The Morgan fingerprint density at radius 1 is 1.34 bits per heavy atom. The summed E-state index contributed by atoms with van der Waals surface area (Å²) in [5.41, 5.74) is 1.32. The Hall–Kier alpha value is -1.84. The summed E-state index contributed by atoms with van der Waals surface area (Å²) in [7, 11) is 0. The molecule has 1 aliphatic heterocycles. The molecule has 1 aromatic heterocycles. The van der Waals surface area contributed by atoms with E-state index < -0.39 is 6.10 Å². The van der Waals surface area contributed by atoms with Gasteiger partial charge < -0.3 is 25.4 Å². The first-order valence-electron chi connectivity index (χ1n) is 9.00. The zero-order valence-electron chi connectivity index (χ0n) is 15.7. The third-order valence-electron chi connectivity index (χ3n) is 4.31. The van der Waals surface area contributed by atoms with Crippen molar-refractivity contribution in [3.8, 4) is 0 Å². The van der Waals surface area contributed by atoms with Gasteiger partial charge in [0.1, 0.15) is 6.61 Å². The summed E-state index contributed by atoms with van der Waals surface area (Å²) in [5.74, 6) is -0.415. The number of ether oxygens (including phenoxy) is 1. The number of thiophene rings is 1. The number of hydrogen-bond acceptors (Lipinski definition) is 6. The zero-order chi connectivity index (χ0) is 21.0. The number of morpholine rings is 1. The predicted molar refractivity (Wildman–Crippen MR) is 115 cm³/mol. The smallest absolute Gasteiger partial charge is 0.261 e. The van der Waals surface area contributed by atoms with Crippen LogP contribution in [0.4, 0.5) is 11.4 Å². The molecule has 1 saturated heterocycles. The average Bonchev–Trinajstić information content (AvgIpc) is 3.13. The van der Waals surface area contributed by atoms with Crippen molar-refractivity contribution in [1.29, 1.82) is 0 Å². The Bertz CT molecular complexity index is 892. The lowest BCUT2D eigenvalue weighted by Crippen LogP contribution is -2.45. The fourth-order valence-corrected chi connectivity index (χ4v) is 4.06. The van der Waals surface area contributed by atoms with Gasteiger partial charge in [0.25, 0.3) is 11.8 Å². The highest BCUT2D eigenvalue weighted by Gasteiger charge is 2.26. The maximum absolute atomic E-state index is 12.1. The number of rotatable bonds is 7. The SMILES string of the molecule is CC1CN(c2ccc(NCC(O)CNC(=O)c3ccc(Cl)s3)cc2Cl)C(=O)CO1. The number of benzene rings is 1. The van der Waals surface area contributed by atoms with E-state index in [1.807, 2.05) is 6.92 Å². The number of anilines is 2. The quantitative estimate of drug-likeness (QED) is 0.594. The molecule has 7 nitrogen and oxygen atoms in total. The molecule has 1 fully saturated rings. The summed E-state index contributed by atoms with van der Waals surface area (Å²) in [6.45, 7) is 2.69. The average molecular weight is 458 g/mol. The van der Waals surface area contributed by atoms with E-state index in [0.717, 1.165) is 0 Å². The third-order valence-corrected chi connectivity index (χ3v) is 5.84. The lowest BCUT2D eigenvalue weighted by Gasteiger charge is -2.31. The zero-order valence-corrected chi connectivity index (χ0v) is 18.0. The van der Waals surface area contributed by atoms with E-state index in [9.17, 15) is 14.7 Å². The topological polar surface area (TPSA) is 90.9 Å². The maximum Gasteiger partial charge on any atom is 0.261 e. The third kappa shape index (κ3) is 5.83. The minimum Gasteiger partial charge on any atom is -0.389 e. The van der Waals surface area contributed by atoms with E-state index in [1.54, 1.807) is 35.2 Å². The van der Waals surface area contributed by atoms with Gasteiger partial charge in [-0.3, -0.25) is 9.59 Å². The number of carbonyl (C=O) groups is 2. The molecule has 2 heterocycles. The van der Waals surface area contributed by atoms with Crippen LogP contribution in [0.3, 0.4) is 0 Å². The van der Waals surface area contributed by atoms with Gasteiger partial charge >= 0.3 is 0 Å². The first-order valence-corrected chi connectivity index (χ1v) is 10.6. The van der Waals surface area contributed by atoms with Crippen LogP contribution in [-0.4, -0.2) is 55.4 Å². The summed E-state index contributed by atoms with van der Waals surface area (Å²) in [6, 6.07) is 8.53. The standard InChI is InChI=1S/C19H21Cl2N3O4S/c1-11-9-24(18(26)10-28-11)15-3-2-12(6-14(15)20)22-7-13(25)8-23-19(27)16-4-5-17(21)29-16/h2-6,11,13,22,25H,7-10H2,1H3,(H,23,27). The number of nitrogens with zero attached hydrogens (tertiary/aromatic N) is 1. The largest absolute Gasteiger partial charge is 0.389 e. The Morgan fingerprint density at radius 3 is 2.83 bits per heavy atom. The van der Waals surface area contributed by atoms with Crippen LogP contribution >= 0.6 is 34.5 Å². The van der Waals surface area contributed by atoms with Crippen molar-refractivity contribution >= 4 is 57.7 Å². The van der Waals surface area contributed by atoms with Crippen LogP contribution in [0, 0.1) is 0 Å². The van der Waals surface area contributed by atoms with Gasteiger partial charge in [0, 0.05) is 18.8 Å². The lowest BCUT2D eigenvalue weighted by molar-refractivity contribution is -0.128. The second kappa shape index (κ2) is 9.77. The molecule has 0 bridgehead atoms. The van der Waals surface area contributed by atoms with E-state index in [2.05, 4.69) is 10.6 Å². The molecule has 0 spiro atoms. The van der Waals surface area contributed by atoms with Crippen LogP contribution in [0.25, 0.3) is 0 Å². The van der Waals surface area contributed by atoms with E-state index >= 15 is 0 Å². The molecule has 2 unspecified atom stereocenters. The van der Waals surface area contributed by atoms with Crippen molar-refractivity contribution in [2.24, 2.45) is 0 Å². The van der Waals surface area contributed by atoms with Crippen LogP contribution in [0.1, 0.15) is 16.6 Å². The van der Waals surface area contributed by atoms with E-state index in [4.69, 9.17) is 27.9 Å². The molecule has 0 radical (unpaired) electrons. The summed E-state index contributed by atoms with van der Waals surface area (Å²) in [4.78, 5) is 26.1. The second-order valence-corrected chi connectivity index (χ2v) is 8.76. The van der Waals surface area contributed by atoms with Crippen LogP contribution < -0.4 is 15.5 Å². The van der Waals surface area contributed by atoms with Crippen molar-refractivity contribution in [1.82, 2.24) is 5.32 Å². The van der Waals surface area contributed by atoms with Crippen LogP contribution in [0.5, 0.6) is 0 Å². The van der Waals surface area contributed by atoms with Gasteiger partial charge in [-0.15, -0.1) is 11.3 Å². The van der Waals surface area contributed by atoms with Crippen molar-refractivity contribution in [2.45, 2.75) is 19.1 Å². The number of carbonyl (C=O) groups excluding carboxylic acids is 2. The Labute approximate surface area is 182 Å². The van der Waals surface area contributed by atoms with Gasteiger partial charge in [-0.2, -0.15) is 0 Å². The fraction of sp³-hybridized carbons (Fsp3) is 0.368. The molecule has 3 rings (SSSR count). The number of aliphatic hydroxyl groups excluding tert-OH is 1. The number of amides is 2. The van der Waals surface area contributed by atoms with Gasteiger partial charge in [0.05, 0.1) is 38.7 Å². The predicted octanol–water partition coefficient (Wildman–Crippen LogP) is 3.01. The maximum atomic E-state index is 12.1. The Balaban J connectivity index is 1.51. The highest BCUT2D eigenvalue weighted by molar-refractivity contribution is 7.18. The molecule has 10 heteroatoms. The molecule has 0 aliphatic carbocycles. The van der Waals surface area contributed by atoms with Gasteiger partial charge in [-0.25, -0.2) is 0 Å². The van der Waals surface area contributed by atoms with Crippen LogP contribution in [0.2, 0.25) is 9.36 Å². The molecular weight excluding hydrogens is 437 g/mol. The van der Waals surface area contributed by atoms with Crippen molar-refractivity contribution in [2.75, 3.05) is 36.5 Å². The first kappa shape index (κ1) is 21.9. The van der Waals surface area contributed by atoms with Gasteiger partial charge in [-0.1, -0.05) is 23.2 Å². The molecule has 0 saturated carbocycles. The van der Waals surface area contributed by atoms with E-state index in [0.29, 0.717) is 32.2 Å². The van der Waals surface area contributed by atoms with Crippen LogP contribution in [0.15, 0.2) is 30.3 Å². The first-order chi connectivity index (χ1) is 13.8. The number of nitrogens with one attached hydrogen (secondary N) is 2.